The van der Waals surface area contributed by atoms with Gasteiger partial charge < -0.3 is 4.90 Å². The van der Waals surface area contributed by atoms with Gasteiger partial charge in [-0.25, -0.2) is 4.39 Å². The van der Waals surface area contributed by atoms with E-state index in [-0.39, 0.29) is 23.9 Å². The Bertz CT molecular complexity index is 436. The first-order valence-electron chi connectivity index (χ1n) is 6.43. The Labute approximate surface area is 107 Å². The van der Waals surface area contributed by atoms with Crippen LogP contribution in [0.25, 0.3) is 0 Å². The van der Waals surface area contributed by atoms with Crippen LogP contribution in [0.15, 0.2) is 24.3 Å². The van der Waals surface area contributed by atoms with E-state index < -0.39 is 0 Å². The van der Waals surface area contributed by atoms with Gasteiger partial charge >= 0.3 is 0 Å². The number of hydrogen-bond donors (Lipinski definition) is 1. The molecule has 1 fully saturated rings. The van der Waals surface area contributed by atoms with E-state index in [1.54, 1.807) is 6.07 Å². The lowest BCUT2D eigenvalue weighted by Gasteiger charge is -2.30. The number of amides is 1. The Morgan fingerprint density at radius 2 is 2.33 bits per heavy atom. The van der Waals surface area contributed by atoms with Crippen molar-refractivity contribution in [1.29, 1.82) is 0 Å². The molecule has 2 atom stereocenters. The molecule has 0 radical (unpaired) electrons. The molecule has 3 nitrogen and oxygen atoms in total. The Kier molecular flexibility index (Phi) is 3.97. The molecule has 0 aliphatic carbocycles. The molecule has 0 saturated carbocycles. The summed E-state index contributed by atoms with van der Waals surface area (Å²) < 4.78 is 13.3. The zero-order valence-electron chi connectivity index (χ0n) is 10.8. The van der Waals surface area contributed by atoms with E-state index in [9.17, 15) is 9.18 Å². The summed E-state index contributed by atoms with van der Waals surface area (Å²) in [6, 6.07) is 6.61. The zero-order valence-corrected chi connectivity index (χ0v) is 10.8. The number of hydrogen-bond acceptors (Lipinski definition) is 2. The molecule has 1 N–H and O–H groups in total. The van der Waals surface area contributed by atoms with Crippen LogP contribution in [0.5, 0.6) is 0 Å². The van der Waals surface area contributed by atoms with E-state index >= 15 is 0 Å². The highest BCUT2D eigenvalue weighted by molar-refractivity contribution is 5.81. The van der Waals surface area contributed by atoms with Crippen molar-refractivity contribution in [3.05, 3.63) is 35.6 Å². The van der Waals surface area contributed by atoms with Crippen molar-refractivity contribution in [2.24, 2.45) is 0 Å². The van der Waals surface area contributed by atoms with Gasteiger partial charge in [-0.15, -0.1) is 0 Å². The Morgan fingerprint density at radius 3 is 3.00 bits per heavy atom. The van der Waals surface area contributed by atoms with Crippen LogP contribution < -0.4 is 5.32 Å². The minimum absolute atomic E-state index is 0.0882. The van der Waals surface area contributed by atoms with E-state index in [1.165, 1.54) is 12.1 Å². The summed E-state index contributed by atoms with van der Waals surface area (Å²) in [6.45, 7) is 4.47. The second-order valence-electron chi connectivity index (χ2n) is 4.78. The smallest absolute Gasteiger partial charge is 0.238 e. The normalized spacial score (nSPS) is 21.4. The third kappa shape index (κ3) is 2.53. The molecule has 1 aromatic carbocycles. The summed E-state index contributed by atoms with van der Waals surface area (Å²) in [5, 5.41) is 3.15. The largest absolute Gasteiger partial charge is 0.319 e. The standard InChI is InChI=1S/C14H19FN2O/c1-3-5-10(2)17-13(18)9-16-14(17)11-6-4-7-12(15)8-11/h4,6-8,10,14,16H,3,5,9H2,1-2H3. The second kappa shape index (κ2) is 5.48. The van der Waals surface area contributed by atoms with Crippen LogP contribution >= 0.6 is 0 Å². The van der Waals surface area contributed by atoms with Crippen LogP contribution in [0.1, 0.15) is 38.4 Å². The van der Waals surface area contributed by atoms with E-state index in [2.05, 4.69) is 12.2 Å². The van der Waals surface area contributed by atoms with Crippen LogP contribution in [0, 0.1) is 5.82 Å². The minimum atomic E-state index is -0.267. The molecule has 1 saturated heterocycles. The molecule has 1 aromatic rings. The molecule has 0 spiro atoms. The second-order valence-corrected chi connectivity index (χ2v) is 4.78. The highest BCUT2D eigenvalue weighted by Crippen LogP contribution is 2.26. The average Bonchev–Trinajstić information content (AvgIpc) is 2.71. The van der Waals surface area contributed by atoms with Crippen molar-refractivity contribution in [2.75, 3.05) is 6.54 Å². The lowest BCUT2D eigenvalue weighted by Crippen LogP contribution is -2.37. The van der Waals surface area contributed by atoms with Gasteiger partial charge in [0.25, 0.3) is 0 Å². The quantitative estimate of drug-likeness (QED) is 0.890. The molecule has 0 aromatic heterocycles. The highest BCUT2D eigenvalue weighted by atomic mass is 19.1. The third-order valence-corrected chi connectivity index (χ3v) is 3.36. The Hall–Kier alpha value is -1.42. The van der Waals surface area contributed by atoms with Crippen LogP contribution in [-0.4, -0.2) is 23.4 Å². The van der Waals surface area contributed by atoms with Crippen molar-refractivity contribution >= 4 is 5.91 Å². The van der Waals surface area contributed by atoms with Crippen molar-refractivity contribution in [2.45, 2.75) is 38.9 Å². The fourth-order valence-electron chi connectivity index (χ4n) is 2.53. The predicted molar refractivity (Wildman–Crippen MR) is 68.4 cm³/mol. The van der Waals surface area contributed by atoms with Gasteiger partial charge in [0.2, 0.25) is 5.91 Å². The van der Waals surface area contributed by atoms with Crippen molar-refractivity contribution in [3.63, 3.8) is 0 Å². The molecule has 2 rings (SSSR count). The number of carbonyl (C=O) groups is 1. The van der Waals surface area contributed by atoms with Gasteiger partial charge in [-0.2, -0.15) is 0 Å². The van der Waals surface area contributed by atoms with E-state index in [1.807, 2.05) is 17.9 Å². The van der Waals surface area contributed by atoms with Gasteiger partial charge in [0.1, 0.15) is 12.0 Å². The maximum absolute atomic E-state index is 13.3. The minimum Gasteiger partial charge on any atom is -0.319 e. The maximum atomic E-state index is 13.3. The monoisotopic (exact) mass is 250 g/mol. The van der Waals surface area contributed by atoms with Crippen molar-refractivity contribution in [1.82, 2.24) is 10.2 Å². The summed E-state index contributed by atoms with van der Waals surface area (Å²) in [5.41, 5.74) is 0.809. The lowest BCUT2D eigenvalue weighted by molar-refractivity contribution is -0.130. The number of benzene rings is 1. The molecule has 2 unspecified atom stereocenters. The summed E-state index contributed by atoms with van der Waals surface area (Å²) in [5.74, 6) is -0.179. The van der Waals surface area contributed by atoms with Gasteiger partial charge in [-0.3, -0.25) is 10.1 Å². The third-order valence-electron chi connectivity index (χ3n) is 3.36. The number of nitrogens with one attached hydrogen (secondary N) is 1. The number of carbonyl (C=O) groups excluding carboxylic acids is 1. The number of rotatable bonds is 4. The SMILES string of the molecule is CCCC(C)N1C(=O)CNC1c1cccc(F)c1. The van der Waals surface area contributed by atoms with Gasteiger partial charge in [0.15, 0.2) is 0 Å². The van der Waals surface area contributed by atoms with E-state index in [4.69, 9.17) is 0 Å². The number of nitrogens with zero attached hydrogens (tertiary/aromatic N) is 1. The van der Waals surface area contributed by atoms with Crippen LogP contribution in [0.3, 0.4) is 0 Å². The van der Waals surface area contributed by atoms with Gasteiger partial charge in [0, 0.05) is 6.04 Å². The maximum Gasteiger partial charge on any atom is 0.238 e. The van der Waals surface area contributed by atoms with Crippen LogP contribution in [0.2, 0.25) is 0 Å². The topological polar surface area (TPSA) is 32.3 Å². The Balaban J connectivity index is 2.23. The molecule has 1 aliphatic rings. The Morgan fingerprint density at radius 1 is 1.56 bits per heavy atom. The van der Waals surface area contributed by atoms with Crippen molar-refractivity contribution < 1.29 is 9.18 Å². The molecular weight excluding hydrogens is 231 g/mol. The van der Waals surface area contributed by atoms with E-state index in [0.29, 0.717) is 6.54 Å². The summed E-state index contributed by atoms with van der Waals surface area (Å²) in [6.07, 6.45) is 1.79. The molecule has 18 heavy (non-hydrogen) atoms. The van der Waals surface area contributed by atoms with Crippen molar-refractivity contribution in [3.8, 4) is 0 Å². The molecular formula is C14H19FN2O. The molecule has 1 amide bonds. The highest BCUT2D eigenvalue weighted by Gasteiger charge is 2.34. The zero-order chi connectivity index (χ0) is 13.1. The molecule has 0 bridgehead atoms. The number of halogens is 1. The molecule has 98 valence electrons. The first-order chi connectivity index (χ1) is 8.63. The average molecular weight is 250 g/mol. The summed E-state index contributed by atoms with van der Waals surface area (Å²) in [7, 11) is 0. The van der Waals surface area contributed by atoms with Gasteiger partial charge in [-0.1, -0.05) is 25.5 Å². The van der Waals surface area contributed by atoms with Crippen LogP contribution in [-0.2, 0) is 4.79 Å². The lowest BCUT2D eigenvalue weighted by atomic mass is 10.1. The van der Waals surface area contributed by atoms with Gasteiger partial charge in [-0.05, 0) is 31.0 Å². The molecule has 1 heterocycles. The molecule has 1 aliphatic heterocycles. The fraction of sp³-hybridized carbons (Fsp3) is 0.500. The summed E-state index contributed by atoms with van der Waals surface area (Å²) in [4.78, 5) is 13.8. The predicted octanol–water partition coefficient (Wildman–Crippen LogP) is 2.44. The fourth-order valence-corrected chi connectivity index (χ4v) is 2.53. The van der Waals surface area contributed by atoms with E-state index in [0.717, 1.165) is 18.4 Å². The first kappa shape index (κ1) is 13.0. The first-order valence-corrected chi connectivity index (χ1v) is 6.43. The van der Waals surface area contributed by atoms with Crippen LogP contribution in [0.4, 0.5) is 4.39 Å². The molecule has 4 heteroatoms. The summed E-state index contributed by atoms with van der Waals surface area (Å²) >= 11 is 0. The van der Waals surface area contributed by atoms with Gasteiger partial charge in [0.05, 0.1) is 6.54 Å².